The third-order valence-corrected chi connectivity index (χ3v) is 4.00. The largest absolute Gasteiger partial charge is 0.355 e. The van der Waals surface area contributed by atoms with Crippen LogP contribution in [0.4, 0.5) is 0 Å². The summed E-state index contributed by atoms with van der Waals surface area (Å²) in [4.78, 5) is 23.6. The van der Waals surface area contributed by atoms with Crippen LogP contribution in [0.3, 0.4) is 0 Å². The standard InChI is InChI=1S/C14H27N3O2.ClH/c1-3-16-13(19)11(2)17-12(18)9-14(10-15)7-5-4-6-8-14;/h11H,3-10,15H2,1-2H3,(H,16,19)(H,17,18);1H. The Balaban J connectivity index is 0.00000361. The summed E-state index contributed by atoms with van der Waals surface area (Å²) < 4.78 is 0. The molecule has 0 aromatic heterocycles. The maximum Gasteiger partial charge on any atom is 0.242 e. The van der Waals surface area contributed by atoms with Crippen molar-refractivity contribution in [2.45, 2.75) is 58.4 Å². The molecule has 0 aliphatic heterocycles. The van der Waals surface area contributed by atoms with Crippen LogP contribution in [0, 0.1) is 5.41 Å². The second-order valence-corrected chi connectivity index (χ2v) is 5.63. The molecule has 1 saturated carbocycles. The van der Waals surface area contributed by atoms with Gasteiger partial charge in [0.2, 0.25) is 11.8 Å². The highest BCUT2D eigenvalue weighted by atomic mass is 35.5. The van der Waals surface area contributed by atoms with Gasteiger partial charge < -0.3 is 16.4 Å². The Labute approximate surface area is 127 Å². The van der Waals surface area contributed by atoms with Crippen molar-refractivity contribution in [2.24, 2.45) is 11.1 Å². The first-order valence-corrected chi connectivity index (χ1v) is 7.30. The van der Waals surface area contributed by atoms with Crippen LogP contribution in [0.1, 0.15) is 52.4 Å². The van der Waals surface area contributed by atoms with Crippen LogP contribution in [-0.4, -0.2) is 30.9 Å². The van der Waals surface area contributed by atoms with Gasteiger partial charge in [-0.05, 0) is 38.6 Å². The van der Waals surface area contributed by atoms with E-state index >= 15 is 0 Å². The molecule has 1 aliphatic rings. The van der Waals surface area contributed by atoms with E-state index in [0.29, 0.717) is 19.5 Å². The number of likely N-dealkylation sites (N-methyl/N-ethyl adjacent to an activating group) is 1. The van der Waals surface area contributed by atoms with Crippen LogP contribution in [0.25, 0.3) is 0 Å². The van der Waals surface area contributed by atoms with Gasteiger partial charge in [-0.1, -0.05) is 19.3 Å². The smallest absolute Gasteiger partial charge is 0.242 e. The molecule has 2 amide bonds. The summed E-state index contributed by atoms with van der Waals surface area (Å²) in [5.74, 6) is -0.201. The Kier molecular flexibility index (Phi) is 8.81. The number of hydrogen-bond acceptors (Lipinski definition) is 3. The van der Waals surface area contributed by atoms with E-state index in [-0.39, 0.29) is 29.6 Å². The van der Waals surface area contributed by atoms with E-state index in [1.807, 2.05) is 6.92 Å². The van der Waals surface area contributed by atoms with Gasteiger partial charge in [0.05, 0.1) is 0 Å². The van der Waals surface area contributed by atoms with Crippen molar-refractivity contribution in [2.75, 3.05) is 13.1 Å². The number of hydrogen-bond donors (Lipinski definition) is 3. The SMILES string of the molecule is CCNC(=O)C(C)NC(=O)CC1(CN)CCCCC1.Cl. The van der Waals surface area contributed by atoms with Crippen molar-refractivity contribution < 1.29 is 9.59 Å². The van der Waals surface area contributed by atoms with Crippen molar-refractivity contribution in [1.82, 2.24) is 10.6 Å². The fourth-order valence-electron chi connectivity index (χ4n) is 2.78. The third-order valence-electron chi connectivity index (χ3n) is 4.00. The third kappa shape index (κ3) is 5.67. The molecule has 0 radical (unpaired) electrons. The van der Waals surface area contributed by atoms with E-state index in [9.17, 15) is 9.59 Å². The lowest BCUT2D eigenvalue weighted by atomic mass is 9.71. The first-order chi connectivity index (χ1) is 9.03. The first-order valence-electron chi connectivity index (χ1n) is 7.30. The van der Waals surface area contributed by atoms with Crippen molar-refractivity contribution >= 4 is 24.2 Å². The fraction of sp³-hybridized carbons (Fsp3) is 0.857. The average molecular weight is 306 g/mol. The zero-order valence-electron chi connectivity index (χ0n) is 12.5. The highest BCUT2D eigenvalue weighted by molar-refractivity contribution is 5.87. The molecule has 5 nitrogen and oxygen atoms in total. The Bertz CT molecular complexity index is 318. The number of rotatable bonds is 6. The molecule has 0 saturated heterocycles. The first kappa shape index (κ1) is 19.2. The summed E-state index contributed by atoms with van der Waals surface area (Å²) in [5, 5.41) is 5.46. The number of halogens is 1. The topological polar surface area (TPSA) is 84.2 Å². The van der Waals surface area contributed by atoms with E-state index in [1.54, 1.807) is 6.92 Å². The number of nitrogens with two attached hydrogens (primary N) is 1. The molecule has 1 fully saturated rings. The van der Waals surface area contributed by atoms with E-state index in [1.165, 1.54) is 6.42 Å². The molecule has 1 unspecified atom stereocenters. The summed E-state index contributed by atoms with van der Waals surface area (Å²) in [5.41, 5.74) is 5.81. The zero-order chi connectivity index (χ0) is 14.3. The summed E-state index contributed by atoms with van der Waals surface area (Å²) in [6.07, 6.45) is 6.01. The highest BCUT2D eigenvalue weighted by Crippen LogP contribution is 2.38. The van der Waals surface area contributed by atoms with Crippen molar-refractivity contribution in [3.05, 3.63) is 0 Å². The van der Waals surface area contributed by atoms with Gasteiger partial charge in [0.25, 0.3) is 0 Å². The average Bonchev–Trinajstić information content (AvgIpc) is 2.39. The molecule has 0 bridgehead atoms. The number of carbonyl (C=O) groups is 2. The van der Waals surface area contributed by atoms with Gasteiger partial charge in [-0.2, -0.15) is 0 Å². The van der Waals surface area contributed by atoms with Gasteiger partial charge in [-0.3, -0.25) is 9.59 Å². The van der Waals surface area contributed by atoms with Crippen LogP contribution < -0.4 is 16.4 Å². The van der Waals surface area contributed by atoms with Crippen LogP contribution in [0.2, 0.25) is 0 Å². The second kappa shape index (κ2) is 9.19. The van der Waals surface area contributed by atoms with Crippen LogP contribution in [0.5, 0.6) is 0 Å². The highest BCUT2D eigenvalue weighted by Gasteiger charge is 2.33. The molecule has 0 spiro atoms. The number of carbonyl (C=O) groups excluding carboxylic acids is 2. The molecule has 1 rings (SSSR count). The molecule has 6 heteroatoms. The van der Waals surface area contributed by atoms with E-state index in [2.05, 4.69) is 10.6 Å². The quantitative estimate of drug-likeness (QED) is 0.692. The van der Waals surface area contributed by atoms with Crippen LogP contribution in [-0.2, 0) is 9.59 Å². The minimum absolute atomic E-state index is 0. The van der Waals surface area contributed by atoms with E-state index in [4.69, 9.17) is 5.73 Å². The number of nitrogens with one attached hydrogen (secondary N) is 2. The summed E-state index contributed by atoms with van der Waals surface area (Å²) in [6.45, 7) is 4.69. The Morgan fingerprint density at radius 3 is 2.35 bits per heavy atom. The summed E-state index contributed by atoms with van der Waals surface area (Å²) >= 11 is 0. The molecule has 0 aromatic carbocycles. The predicted octanol–water partition coefficient (Wildman–Crippen LogP) is 1.35. The van der Waals surface area contributed by atoms with Gasteiger partial charge in [0.1, 0.15) is 6.04 Å². The molecule has 20 heavy (non-hydrogen) atoms. The normalized spacial score (nSPS) is 18.6. The lowest BCUT2D eigenvalue weighted by Crippen LogP contribution is -2.47. The van der Waals surface area contributed by atoms with Crippen molar-refractivity contribution in [3.63, 3.8) is 0 Å². The van der Waals surface area contributed by atoms with Gasteiger partial charge in [0, 0.05) is 13.0 Å². The summed E-state index contributed by atoms with van der Waals surface area (Å²) in [6, 6.07) is -0.481. The minimum Gasteiger partial charge on any atom is -0.355 e. The Hall–Kier alpha value is -0.810. The van der Waals surface area contributed by atoms with Crippen molar-refractivity contribution in [3.8, 4) is 0 Å². The molecule has 1 aliphatic carbocycles. The molecule has 0 heterocycles. The van der Waals surface area contributed by atoms with Gasteiger partial charge >= 0.3 is 0 Å². The van der Waals surface area contributed by atoms with E-state index in [0.717, 1.165) is 25.7 Å². The molecule has 118 valence electrons. The van der Waals surface area contributed by atoms with Crippen LogP contribution in [0.15, 0.2) is 0 Å². The molecular weight excluding hydrogens is 278 g/mol. The van der Waals surface area contributed by atoms with Gasteiger partial charge in [-0.25, -0.2) is 0 Å². The fourth-order valence-corrected chi connectivity index (χ4v) is 2.78. The molecule has 0 aromatic rings. The maximum atomic E-state index is 12.0. The van der Waals surface area contributed by atoms with Gasteiger partial charge in [-0.15, -0.1) is 12.4 Å². The molecular formula is C14H28ClN3O2. The molecule has 4 N–H and O–H groups in total. The van der Waals surface area contributed by atoms with E-state index < -0.39 is 6.04 Å². The Morgan fingerprint density at radius 2 is 1.85 bits per heavy atom. The van der Waals surface area contributed by atoms with Gasteiger partial charge in [0.15, 0.2) is 0 Å². The zero-order valence-corrected chi connectivity index (χ0v) is 13.4. The maximum absolute atomic E-state index is 12.0. The lowest BCUT2D eigenvalue weighted by Gasteiger charge is -2.35. The monoisotopic (exact) mass is 305 g/mol. The minimum atomic E-state index is -0.481. The lowest BCUT2D eigenvalue weighted by molar-refractivity contribution is -0.130. The summed E-state index contributed by atoms with van der Waals surface area (Å²) in [7, 11) is 0. The predicted molar refractivity (Wildman–Crippen MR) is 82.7 cm³/mol. The second-order valence-electron chi connectivity index (χ2n) is 5.63. The van der Waals surface area contributed by atoms with Crippen molar-refractivity contribution in [1.29, 1.82) is 0 Å². The van der Waals surface area contributed by atoms with Crippen LogP contribution >= 0.6 is 12.4 Å². The number of amides is 2. The Morgan fingerprint density at radius 1 is 1.25 bits per heavy atom. The molecule has 1 atom stereocenters.